The summed E-state index contributed by atoms with van der Waals surface area (Å²) in [6.45, 7) is 4.54. The summed E-state index contributed by atoms with van der Waals surface area (Å²) in [5, 5.41) is 0. The molecule has 3 N–H and O–H groups in total. The van der Waals surface area contributed by atoms with Crippen molar-refractivity contribution in [2.45, 2.75) is 26.7 Å². The van der Waals surface area contributed by atoms with Crippen LogP contribution in [0.3, 0.4) is 0 Å². The Morgan fingerprint density at radius 3 is 2.53 bits per heavy atom. The molecule has 0 aliphatic rings. The SMILES string of the molecule is CC/C(=C\CC(C)C(=O)OCC[NH3+])C(=O)OC. The topological polar surface area (TPSA) is 80.2 Å². The monoisotopic (exact) mass is 244 g/mol. The van der Waals surface area contributed by atoms with E-state index in [1.807, 2.05) is 6.92 Å². The lowest BCUT2D eigenvalue weighted by Gasteiger charge is -2.09. The molecule has 0 aromatic heterocycles. The van der Waals surface area contributed by atoms with Crippen LogP contribution in [0.25, 0.3) is 0 Å². The highest BCUT2D eigenvalue weighted by molar-refractivity contribution is 5.88. The molecule has 0 bridgehead atoms. The second-order valence-electron chi connectivity index (χ2n) is 3.73. The number of carbonyl (C=O) groups excluding carboxylic acids is 2. The first-order valence-electron chi connectivity index (χ1n) is 5.80. The van der Waals surface area contributed by atoms with Crippen LogP contribution in [0.4, 0.5) is 0 Å². The summed E-state index contributed by atoms with van der Waals surface area (Å²) in [5.74, 6) is -0.858. The Balaban J connectivity index is 4.27. The fourth-order valence-corrected chi connectivity index (χ4v) is 1.23. The van der Waals surface area contributed by atoms with Crippen molar-refractivity contribution in [1.29, 1.82) is 0 Å². The Bertz CT molecular complexity index is 286. The van der Waals surface area contributed by atoms with E-state index in [0.717, 1.165) is 0 Å². The molecule has 5 heteroatoms. The zero-order chi connectivity index (χ0) is 13.3. The Labute approximate surface area is 102 Å². The fraction of sp³-hybridized carbons (Fsp3) is 0.667. The number of quaternary nitrogens is 1. The van der Waals surface area contributed by atoms with Crippen molar-refractivity contribution in [3.8, 4) is 0 Å². The van der Waals surface area contributed by atoms with Crippen LogP contribution < -0.4 is 5.73 Å². The number of allylic oxidation sites excluding steroid dienone is 1. The second kappa shape index (κ2) is 8.75. The van der Waals surface area contributed by atoms with Gasteiger partial charge in [0.2, 0.25) is 0 Å². The van der Waals surface area contributed by atoms with Gasteiger partial charge in [0.25, 0.3) is 0 Å². The van der Waals surface area contributed by atoms with E-state index in [9.17, 15) is 9.59 Å². The number of rotatable bonds is 7. The van der Waals surface area contributed by atoms with Gasteiger partial charge in [-0.2, -0.15) is 0 Å². The third kappa shape index (κ3) is 6.06. The molecule has 0 spiro atoms. The van der Waals surface area contributed by atoms with Crippen LogP contribution in [0.5, 0.6) is 0 Å². The van der Waals surface area contributed by atoms with Gasteiger partial charge in [-0.25, -0.2) is 4.79 Å². The minimum atomic E-state index is -0.342. The number of hydrogen-bond donors (Lipinski definition) is 1. The summed E-state index contributed by atoms with van der Waals surface area (Å²) in [5.41, 5.74) is 4.18. The van der Waals surface area contributed by atoms with Crippen molar-refractivity contribution in [1.82, 2.24) is 0 Å². The van der Waals surface area contributed by atoms with E-state index in [0.29, 0.717) is 31.6 Å². The molecule has 0 aromatic rings. The third-order valence-corrected chi connectivity index (χ3v) is 2.34. The van der Waals surface area contributed by atoms with E-state index in [1.165, 1.54) is 7.11 Å². The highest BCUT2D eigenvalue weighted by atomic mass is 16.5. The van der Waals surface area contributed by atoms with E-state index in [1.54, 1.807) is 13.0 Å². The van der Waals surface area contributed by atoms with E-state index >= 15 is 0 Å². The summed E-state index contributed by atoms with van der Waals surface area (Å²) in [7, 11) is 1.35. The van der Waals surface area contributed by atoms with Crippen LogP contribution in [0.2, 0.25) is 0 Å². The molecular weight excluding hydrogens is 222 g/mol. The van der Waals surface area contributed by atoms with Crippen LogP contribution >= 0.6 is 0 Å². The van der Waals surface area contributed by atoms with E-state index < -0.39 is 0 Å². The molecular formula is C12H22NO4+. The molecule has 98 valence electrons. The molecule has 1 atom stereocenters. The maximum Gasteiger partial charge on any atom is 0.333 e. The summed E-state index contributed by atoms with van der Waals surface area (Å²) in [4.78, 5) is 22.7. The molecule has 0 rings (SSSR count). The molecule has 0 fully saturated rings. The van der Waals surface area contributed by atoms with Gasteiger partial charge < -0.3 is 15.2 Å². The lowest BCUT2D eigenvalue weighted by Crippen LogP contribution is -2.52. The Morgan fingerprint density at radius 2 is 2.06 bits per heavy atom. The van der Waals surface area contributed by atoms with Crippen LogP contribution in [-0.2, 0) is 19.1 Å². The molecule has 0 aliphatic heterocycles. The summed E-state index contributed by atoms with van der Waals surface area (Å²) < 4.78 is 9.59. The minimum Gasteiger partial charge on any atom is -0.466 e. The van der Waals surface area contributed by atoms with Crippen molar-refractivity contribution in [3.05, 3.63) is 11.6 Å². The average Bonchev–Trinajstić information content (AvgIpc) is 2.35. The van der Waals surface area contributed by atoms with Gasteiger partial charge in [-0.1, -0.05) is 19.9 Å². The number of esters is 2. The molecule has 17 heavy (non-hydrogen) atoms. The van der Waals surface area contributed by atoms with Gasteiger partial charge in [-0.15, -0.1) is 0 Å². The molecule has 0 saturated carbocycles. The van der Waals surface area contributed by atoms with Gasteiger partial charge in [0, 0.05) is 5.57 Å². The lowest BCUT2D eigenvalue weighted by molar-refractivity contribution is -0.372. The van der Waals surface area contributed by atoms with Gasteiger partial charge in [-0.05, 0) is 12.8 Å². The minimum absolute atomic E-state index is 0.257. The predicted molar refractivity (Wildman–Crippen MR) is 62.9 cm³/mol. The van der Waals surface area contributed by atoms with Gasteiger partial charge in [0.05, 0.1) is 13.0 Å². The molecule has 0 aromatic carbocycles. The number of hydrogen-bond acceptors (Lipinski definition) is 4. The van der Waals surface area contributed by atoms with Crippen molar-refractivity contribution in [2.75, 3.05) is 20.3 Å². The van der Waals surface area contributed by atoms with Gasteiger partial charge in [0.1, 0.15) is 13.2 Å². The Hall–Kier alpha value is -1.36. The van der Waals surface area contributed by atoms with E-state index in [4.69, 9.17) is 4.74 Å². The first-order chi connectivity index (χ1) is 8.06. The summed E-state index contributed by atoms with van der Waals surface area (Å²) in [6, 6.07) is 0. The smallest absolute Gasteiger partial charge is 0.333 e. The molecule has 0 aliphatic carbocycles. The number of methoxy groups -OCH3 is 1. The van der Waals surface area contributed by atoms with Gasteiger partial charge >= 0.3 is 11.9 Å². The molecule has 0 heterocycles. The quantitative estimate of drug-likeness (QED) is 0.516. The molecule has 5 nitrogen and oxygen atoms in total. The Kier molecular flexibility index (Phi) is 8.05. The second-order valence-corrected chi connectivity index (χ2v) is 3.73. The van der Waals surface area contributed by atoms with Crippen LogP contribution in [0.15, 0.2) is 11.6 Å². The van der Waals surface area contributed by atoms with Crippen molar-refractivity contribution in [3.63, 3.8) is 0 Å². The standard InChI is InChI=1S/C12H21NO4/c1-4-10(12(15)16-3)6-5-9(2)11(14)17-8-7-13/h6,9H,4-5,7-8,13H2,1-3H3/p+1/b10-6+. The van der Waals surface area contributed by atoms with Crippen LogP contribution in [0, 0.1) is 5.92 Å². The largest absolute Gasteiger partial charge is 0.466 e. The van der Waals surface area contributed by atoms with Crippen molar-refractivity contribution in [2.24, 2.45) is 5.92 Å². The fourth-order valence-electron chi connectivity index (χ4n) is 1.23. The van der Waals surface area contributed by atoms with Gasteiger partial charge in [0.15, 0.2) is 0 Å². The number of carbonyl (C=O) groups is 2. The first kappa shape index (κ1) is 15.6. The predicted octanol–water partition coefficient (Wildman–Crippen LogP) is 0.307. The van der Waals surface area contributed by atoms with E-state index in [-0.39, 0.29) is 17.9 Å². The van der Waals surface area contributed by atoms with Gasteiger partial charge in [-0.3, -0.25) is 4.79 Å². The molecule has 0 saturated heterocycles. The molecule has 1 unspecified atom stereocenters. The zero-order valence-electron chi connectivity index (χ0n) is 10.8. The normalized spacial score (nSPS) is 13.1. The van der Waals surface area contributed by atoms with E-state index in [2.05, 4.69) is 10.5 Å². The number of ether oxygens (including phenoxy) is 2. The Morgan fingerprint density at radius 1 is 1.41 bits per heavy atom. The summed E-state index contributed by atoms with van der Waals surface area (Å²) >= 11 is 0. The molecule has 0 radical (unpaired) electrons. The van der Waals surface area contributed by atoms with Crippen molar-refractivity contribution < 1.29 is 24.8 Å². The van der Waals surface area contributed by atoms with Crippen LogP contribution in [0.1, 0.15) is 26.7 Å². The maximum absolute atomic E-state index is 11.4. The average molecular weight is 244 g/mol. The lowest BCUT2D eigenvalue weighted by atomic mass is 10.0. The van der Waals surface area contributed by atoms with Crippen LogP contribution in [-0.4, -0.2) is 32.2 Å². The highest BCUT2D eigenvalue weighted by Crippen LogP contribution is 2.11. The third-order valence-electron chi connectivity index (χ3n) is 2.34. The molecule has 0 amide bonds. The maximum atomic E-state index is 11.4. The highest BCUT2D eigenvalue weighted by Gasteiger charge is 2.14. The zero-order valence-corrected chi connectivity index (χ0v) is 10.8. The first-order valence-corrected chi connectivity index (χ1v) is 5.80. The summed E-state index contributed by atoms with van der Waals surface area (Å²) in [6.07, 6.45) is 2.81. The van der Waals surface area contributed by atoms with Crippen molar-refractivity contribution >= 4 is 11.9 Å².